The molecular weight excluding hydrogens is 392 g/mol. The molecule has 0 saturated heterocycles. The molecule has 0 aliphatic rings. The number of Topliss-reactive ketones (excluding diaryl/α,β-unsaturated/α-hetero) is 1. The first-order valence-electron chi connectivity index (χ1n) is 9.80. The maximum atomic E-state index is 13.0. The second-order valence-electron chi connectivity index (χ2n) is 7.03. The van der Waals surface area contributed by atoms with E-state index in [2.05, 4.69) is 5.32 Å². The van der Waals surface area contributed by atoms with E-state index in [1.54, 1.807) is 24.4 Å². The van der Waals surface area contributed by atoms with Gasteiger partial charge >= 0.3 is 0 Å². The zero-order valence-corrected chi connectivity index (χ0v) is 17.3. The average Bonchev–Trinajstić information content (AvgIpc) is 3.17. The number of amides is 1. The minimum absolute atomic E-state index is 0.365. The van der Waals surface area contributed by atoms with Crippen molar-refractivity contribution in [3.8, 4) is 11.5 Å². The van der Waals surface area contributed by atoms with Crippen LogP contribution in [0.25, 0.3) is 10.9 Å². The van der Waals surface area contributed by atoms with Crippen molar-refractivity contribution in [3.63, 3.8) is 0 Å². The molecule has 1 aromatic heterocycles. The van der Waals surface area contributed by atoms with Gasteiger partial charge in [-0.1, -0.05) is 48.5 Å². The predicted molar refractivity (Wildman–Crippen MR) is 120 cm³/mol. The van der Waals surface area contributed by atoms with E-state index >= 15 is 0 Å². The maximum Gasteiger partial charge on any atom is 0.296 e. The van der Waals surface area contributed by atoms with Gasteiger partial charge in [-0.25, -0.2) is 0 Å². The van der Waals surface area contributed by atoms with Crippen LogP contribution < -0.4 is 14.8 Å². The van der Waals surface area contributed by atoms with Crippen molar-refractivity contribution in [1.82, 2.24) is 4.57 Å². The SMILES string of the molecule is COc1ccc(NC(=O)C(=O)c2cn(Cc3ccccc3)c3ccccc23)cc1OC. The third-order valence-electron chi connectivity index (χ3n) is 5.08. The van der Waals surface area contributed by atoms with E-state index in [-0.39, 0.29) is 0 Å². The molecule has 1 heterocycles. The standard InChI is InChI=1S/C25H22N2O4/c1-30-22-13-12-18(14-23(22)31-2)26-25(29)24(28)20-16-27(15-17-8-4-3-5-9-17)21-11-7-6-10-19(20)21/h3-14,16H,15H2,1-2H3,(H,26,29). The number of fused-ring (bicyclic) bond motifs is 1. The van der Waals surface area contributed by atoms with Crippen molar-refractivity contribution in [3.05, 3.63) is 90.1 Å². The number of para-hydroxylation sites is 1. The molecule has 1 amide bonds. The summed E-state index contributed by atoms with van der Waals surface area (Å²) in [5.74, 6) is -0.310. The van der Waals surface area contributed by atoms with Crippen LogP contribution >= 0.6 is 0 Å². The Balaban J connectivity index is 1.62. The predicted octanol–water partition coefficient (Wildman–Crippen LogP) is 4.53. The van der Waals surface area contributed by atoms with Gasteiger partial charge in [0.15, 0.2) is 11.5 Å². The van der Waals surface area contributed by atoms with E-state index in [9.17, 15) is 9.59 Å². The summed E-state index contributed by atoms with van der Waals surface area (Å²) in [5, 5.41) is 3.40. The quantitative estimate of drug-likeness (QED) is 0.356. The van der Waals surface area contributed by atoms with Gasteiger partial charge < -0.3 is 19.4 Å². The number of hydrogen-bond donors (Lipinski definition) is 1. The number of aromatic nitrogens is 1. The van der Waals surface area contributed by atoms with Crippen LogP contribution in [0.15, 0.2) is 79.0 Å². The number of benzene rings is 3. The van der Waals surface area contributed by atoms with E-state index in [4.69, 9.17) is 9.47 Å². The lowest BCUT2D eigenvalue weighted by Gasteiger charge is -2.10. The third-order valence-corrected chi connectivity index (χ3v) is 5.08. The first-order valence-corrected chi connectivity index (χ1v) is 9.80. The lowest BCUT2D eigenvalue weighted by Crippen LogP contribution is -2.22. The van der Waals surface area contributed by atoms with Gasteiger partial charge in [0.1, 0.15) is 0 Å². The molecule has 0 bridgehead atoms. The topological polar surface area (TPSA) is 69.6 Å². The van der Waals surface area contributed by atoms with Crippen LogP contribution in [0.3, 0.4) is 0 Å². The molecule has 0 radical (unpaired) electrons. The van der Waals surface area contributed by atoms with Crippen molar-refractivity contribution < 1.29 is 19.1 Å². The van der Waals surface area contributed by atoms with Crippen LogP contribution in [0.4, 0.5) is 5.69 Å². The van der Waals surface area contributed by atoms with Gasteiger partial charge in [0.25, 0.3) is 11.7 Å². The van der Waals surface area contributed by atoms with Crippen LogP contribution in [0, 0.1) is 0 Å². The molecule has 156 valence electrons. The Bertz CT molecular complexity index is 1250. The molecule has 0 spiro atoms. The number of carbonyl (C=O) groups excluding carboxylic acids is 2. The molecule has 6 nitrogen and oxygen atoms in total. The first kappa shape index (κ1) is 20.2. The van der Waals surface area contributed by atoms with Crippen LogP contribution in [0.1, 0.15) is 15.9 Å². The molecular formula is C25H22N2O4. The molecule has 31 heavy (non-hydrogen) atoms. The number of ether oxygens (including phenoxy) is 2. The van der Waals surface area contributed by atoms with Gasteiger partial charge in [-0.05, 0) is 23.8 Å². The highest BCUT2D eigenvalue weighted by Gasteiger charge is 2.22. The Kier molecular flexibility index (Phi) is 5.71. The lowest BCUT2D eigenvalue weighted by atomic mass is 10.1. The Labute approximate surface area is 180 Å². The number of ketones is 1. The van der Waals surface area contributed by atoms with Gasteiger partial charge in [-0.15, -0.1) is 0 Å². The number of anilines is 1. The highest BCUT2D eigenvalue weighted by molar-refractivity contribution is 6.48. The van der Waals surface area contributed by atoms with Crippen molar-refractivity contribution in [2.45, 2.75) is 6.54 Å². The number of hydrogen-bond acceptors (Lipinski definition) is 4. The van der Waals surface area contributed by atoms with Crippen molar-refractivity contribution in [1.29, 1.82) is 0 Å². The summed E-state index contributed by atoms with van der Waals surface area (Å²) in [7, 11) is 3.04. The second kappa shape index (κ2) is 8.75. The summed E-state index contributed by atoms with van der Waals surface area (Å²) < 4.78 is 12.4. The minimum atomic E-state index is -0.713. The summed E-state index contributed by atoms with van der Waals surface area (Å²) in [5.41, 5.74) is 2.82. The zero-order chi connectivity index (χ0) is 21.8. The Morgan fingerprint density at radius 2 is 1.58 bits per heavy atom. The second-order valence-corrected chi connectivity index (χ2v) is 7.03. The number of carbonyl (C=O) groups is 2. The molecule has 4 aromatic rings. The summed E-state index contributed by atoms with van der Waals surface area (Å²) in [6.45, 7) is 0.603. The summed E-state index contributed by atoms with van der Waals surface area (Å²) in [6.07, 6.45) is 1.74. The van der Waals surface area contributed by atoms with Gasteiger partial charge in [-0.3, -0.25) is 9.59 Å². The van der Waals surface area contributed by atoms with Crippen LogP contribution in [-0.2, 0) is 11.3 Å². The largest absolute Gasteiger partial charge is 0.493 e. The molecule has 0 atom stereocenters. The van der Waals surface area contributed by atoms with Gasteiger partial charge in [-0.2, -0.15) is 0 Å². The van der Waals surface area contributed by atoms with Crippen molar-refractivity contribution >= 4 is 28.3 Å². The number of rotatable bonds is 7. The first-order chi connectivity index (χ1) is 15.1. The fourth-order valence-electron chi connectivity index (χ4n) is 3.56. The number of methoxy groups -OCH3 is 2. The smallest absolute Gasteiger partial charge is 0.296 e. The van der Waals surface area contributed by atoms with Gasteiger partial charge in [0.05, 0.1) is 19.8 Å². The molecule has 1 N–H and O–H groups in total. The minimum Gasteiger partial charge on any atom is -0.493 e. The number of nitrogens with one attached hydrogen (secondary N) is 1. The molecule has 0 fully saturated rings. The molecule has 3 aromatic carbocycles. The van der Waals surface area contributed by atoms with Gasteiger partial charge in [0, 0.05) is 35.4 Å². The number of nitrogens with zero attached hydrogens (tertiary/aromatic N) is 1. The molecule has 6 heteroatoms. The van der Waals surface area contributed by atoms with Crippen molar-refractivity contribution in [2.24, 2.45) is 0 Å². The summed E-state index contributed by atoms with van der Waals surface area (Å²) in [6, 6.07) is 22.5. The third kappa shape index (κ3) is 4.14. The van der Waals surface area contributed by atoms with E-state index in [1.807, 2.05) is 59.2 Å². The molecule has 0 saturated carbocycles. The Hall–Kier alpha value is -4.06. The molecule has 0 aliphatic carbocycles. The Morgan fingerprint density at radius 3 is 2.32 bits per heavy atom. The highest BCUT2D eigenvalue weighted by Crippen LogP contribution is 2.30. The fraction of sp³-hybridized carbons (Fsp3) is 0.120. The van der Waals surface area contributed by atoms with E-state index in [1.165, 1.54) is 14.2 Å². The normalized spacial score (nSPS) is 10.6. The maximum absolute atomic E-state index is 13.0. The molecule has 0 unspecified atom stereocenters. The average molecular weight is 414 g/mol. The lowest BCUT2D eigenvalue weighted by molar-refractivity contribution is -0.112. The van der Waals surface area contributed by atoms with E-state index in [0.717, 1.165) is 16.5 Å². The van der Waals surface area contributed by atoms with Gasteiger partial charge in [0.2, 0.25) is 0 Å². The molecule has 0 aliphatic heterocycles. The van der Waals surface area contributed by atoms with E-state index < -0.39 is 11.7 Å². The van der Waals surface area contributed by atoms with Crippen LogP contribution in [-0.4, -0.2) is 30.5 Å². The summed E-state index contributed by atoms with van der Waals surface area (Å²) >= 11 is 0. The highest BCUT2D eigenvalue weighted by atomic mass is 16.5. The van der Waals surface area contributed by atoms with Crippen molar-refractivity contribution in [2.75, 3.05) is 19.5 Å². The zero-order valence-electron chi connectivity index (χ0n) is 17.3. The Morgan fingerprint density at radius 1 is 0.871 bits per heavy atom. The summed E-state index contributed by atoms with van der Waals surface area (Å²) in [4.78, 5) is 25.8. The molecule has 4 rings (SSSR count). The monoisotopic (exact) mass is 414 g/mol. The van der Waals surface area contributed by atoms with Crippen LogP contribution in [0.2, 0.25) is 0 Å². The fourth-order valence-corrected chi connectivity index (χ4v) is 3.56. The van der Waals surface area contributed by atoms with Crippen LogP contribution in [0.5, 0.6) is 11.5 Å². The van der Waals surface area contributed by atoms with E-state index in [0.29, 0.717) is 29.3 Å².